The summed E-state index contributed by atoms with van der Waals surface area (Å²) < 4.78 is 16.2. The molecule has 1 fully saturated rings. The SMILES string of the molecule is C/C=C/c1ccc(OCC(=O)O[C@H](C)C(=O)N2[C@@H](C)CCC[C@@H]2C)c(OC)c1. The highest BCUT2D eigenvalue weighted by Gasteiger charge is 2.33. The molecule has 1 heterocycles. The van der Waals surface area contributed by atoms with Crippen LogP contribution in [0, 0.1) is 0 Å². The molecule has 6 heteroatoms. The van der Waals surface area contributed by atoms with Crippen molar-refractivity contribution < 1.29 is 23.8 Å². The van der Waals surface area contributed by atoms with Crippen molar-refractivity contribution in [3.63, 3.8) is 0 Å². The Morgan fingerprint density at radius 1 is 1.21 bits per heavy atom. The lowest BCUT2D eigenvalue weighted by Crippen LogP contribution is -2.51. The Labute approximate surface area is 167 Å². The lowest BCUT2D eigenvalue weighted by atomic mass is 9.97. The fourth-order valence-electron chi connectivity index (χ4n) is 3.58. The summed E-state index contributed by atoms with van der Waals surface area (Å²) in [4.78, 5) is 26.7. The number of methoxy groups -OCH3 is 1. The van der Waals surface area contributed by atoms with Crippen LogP contribution in [0.1, 0.15) is 52.5 Å². The Morgan fingerprint density at radius 2 is 1.89 bits per heavy atom. The van der Waals surface area contributed by atoms with Crippen LogP contribution in [0.15, 0.2) is 24.3 Å². The van der Waals surface area contributed by atoms with Crippen LogP contribution in [-0.4, -0.2) is 48.7 Å². The molecule has 154 valence electrons. The molecule has 0 aliphatic carbocycles. The lowest BCUT2D eigenvalue weighted by Gasteiger charge is -2.40. The van der Waals surface area contributed by atoms with Gasteiger partial charge in [-0.3, -0.25) is 4.79 Å². The summed E-state index contributed by atoms with van der Waals surface area (Å²) in [5, 5.41) is 0. The third-order valence-electron chi connectivity index (χ3n) is 5.00. The van der Waals surface area contributed by atoms with E-state index in [1.807, 2.05) is 50.0 Å². The first-order chi connectivity index (χ1) is 13.4. The lowest BCUT2D eigenvalue weighted by molar-refractivity contribution is -0.163. The first-order valence-electron chi connectivity index (χ1n) is 9.82. The predicted octanol–water partition coefficient (Wildman–Crippen LogP) is 3.83. The molecule has 6 nitrogen and oxygen atoms in total. The van der Waals surface area contributed by atoms with Crippen molar-refractivity contribution >= 4 is 18.0 Å². The number of amides is 1. The van der Waals surface area contributed by atoms with Crippen LogP contribution in [0.25, 0.3) is 6.08 Å². The van der Waals surface area contributed by atoms with Crippen molar-refractivity contribution in [2.75, 3.05) is 13.7 Å². The van der Waals surface area contributed by atoms with Crippen molar-refractivity contribution in [1.29, 1.82) is 0 Å². The van der Waals surface area contributed by atoms with Crippen molar-refractivity contribution in [2.45, 2.75) is 65.1 Å². The van der Waals surface area contributed by atoms with Crippen molar-refractivity contribution in [1.82, 2.24) is 4.90 Å². The molecule has 0 aromatic heterocycles. The van der Waals surface area contributed by atoms with Gasteiger partial charge in [0.15, 0.2) is 24.2 Å². The fraction of sp³-hybridized carbons (Fsp3) is 0.545. The van der Waals surface area contributed by atoms with Gasteiger partial charge < -0.3 is 19.1 Å². The maximum absolute atomic E-state index is 12.7. The van der Waals surface area contributed by atoms with Gasteiger partial charge in [-0.25, -0.2) is 4.79 Å². The quantitative estimate of drug-likeness (QED) is 0.663. The largest absolute Gasteiger partial charge is 0.493 e. The number of piperidine rings is 1. The van der Waals surface area contributed by atoms with Crippen LogP contribution in [0.3, 0.4) is 0 Å². The summed E-state index contributed by atoms with van der Waals surface area (Å²) in [6.45, 7) is 7.33. The van der Waals surface area contributed by atoms with Gasteiger partial charge >= 0.3 is 5.97 Å². The van der Waals surface area contributed by atoms with Gasteiger partial charge in [-0.1, -0.05) is 18.2 Å². The van der Waals surface area contributed by atoms with Crippen LogP contribution in [-0.2, 0) is 14.3 Å². The molecule has 0 radical (unpaired) electrons. The molecule has 1 saturated heterocycles. The summed E-state index contributed by atoms with van der Waals surface area (Å²) in [6.07, 6.45) is 6.10. The van der Waals surface area contributed by atoms with Gasteiger partial charge in [0.05, 0.1) is 7.11 Å². The number of esters is 1. The van der Waals surface area contributed by atoms with Gasteiger partial charge in [0, 0.05) is 12.1 Å². The molecular formula is C22H31NO5. The number of rotatable bonds is 7. The monoisotopic (exact) mass is 389 g/mol. The molecular weight excluding hydrogens is 358 g/mol. The second kappa shape index (κ2) is 10.2. The highest BCUT2D eigenvalue weighted by atomic mass is 16.6. The van der Waals surface area contributed by atoms with E-state index < -0.39 is 12.1 Å². The molecule has 0 N–H and O–H groups in total. The van der Waals surface area contributed by atoms with Gasteiger partial charge in [-0.2, -0.15) is 0 Å². The first-order valence-corrected chi connectivity index (χ1v) is 9.82. The molecule has 3 atom stereocenters. The smallest absolute Gasteiger partial charge is 0.344 e. The van der Waals surface area contributed by atoms with E-state index in [-0.39, 0.29) is 24.6 Å². The van der Waals surface area contributed by atoms with E-state index >= 15 is 0 Å². The molecule has 1 aliphatic rings. The Morgan fingerprint density at radius 3 is 2.50 bits per heavy atom. The topological polar surface area (TPSA) is 65.1 Å². The van der Waals surface area contributed by atoms with Gasteiger partial charge in [-0.05, 0) is 64.7 Å². The molecule has 0 bridgehead atoms. The number of carbonyl (C=O) groups is 2. The summed E-state index contributed by atoms with van der Waals surface area (Å²) in [5.41, 5.74) is 0.971. The van der Waals surface area contributed by atoms with Crippen molar-refractivity contribution in [3.8, 4) is 11.5 Å². The van der Waals surface area contributed by atoms with E-state index in [0.717, 1.165) is 24.8 Å². The van der Waals surface area contributed by atoms with Gasteiger partial charge in [-0.15, -0.1) is 0 Å². The average molecular weight is 389 g/mol. The number of ether oxygens (including phenoxy) is 3. The number of carbonyl (C=O) groups excluding carboxylic acids is 2. The Kier molecular flexibility index (Phi) is 7.91. The van der Waals surface area contributed by atoms with E-state index in [2.05, 4.69) is 0 Å². The number of nitrogens with zero attached hydrogens (tertiary/aromatic N) is 1. The molecule has 1 amide bonds. The van der Waals surface area contributed by atoms with Gasteiger partial charge in [0.2, 0.25) is 0 Å². The molecule has 1 aliphatic heterocycles. The van der Waals surface area contributed by atoms with Crippen LogP contribution < -0.4 is 9.47 Å². The normalized spacial score (nSPS) is 20.7. The minimum absolute atomic E-state index is 0.152. The molecule has 0 saturated carbocycles. The van der Waals surface area contributed by atoms with Crippen molar-refractivity contribution in [2.24, 2.45) is 0 Å². The number of hydrogen-bond donors (Lipinski definition) is 0. The van der Waals surface area contributed by atoms with E-state index in [1.54, 1.807) is 20.1 Å². The minimum atomic E-state index is -0.835. The zero-order chi connectivity index (χ0) is 20.7. The first kappa shape index (κ1) is 21.8. The maximum Gasteiger partial charge on any atom is 0.344 e. The van der Waals surface area contributed by atoms with E-state index in [0.29, 0.717) is 11.5 Å². The third-order valence-corrected chi connectivity index (χ3v) is 5.00. The second-order valence-corrected chi connectivity index (χ2v) is 7.21. The Hall–Kier alpha value is -2.50. The third kappa shape index (κ3) is 5.50. The molecule has 0 unspecified atom stereocenters. The summed E-state index contributed by atoms with van der Waals surface area (Å²) in [6, 6.07) is 5.76. The highest BCUT2D eigenvalue weighted by Crippen LogP contribution is 2.28. The van der Waals surface area contributed by atoms with Gasteiger partial charge in [0.25, 0.3) is 5.91 Å². The zero-order valence-corrected chi connectivity index (χ0v) is 17.4. The Bertz CT molecular complexity index is 705. The molecule has 0 spiro atoms. The van der Waals surface area contributed by atoms with Crippen LogP contribution in [0.2, 0.25) is 0 Å². The fourth-order valence-corrected chi connectivity index (χ4v) is 3.58. The number of likely N-dealkylation sites (tertiary alicyclic amines) is 1. The standard InChI is InChI=1S/C22H31NO5/c1-6-8-18-11-12-19(20(13-18)26-5)27-14-21(24)28-17(4)22(25)23-15(2)9-7-10-16(23)3/h6,8,11-13,15-17H,7,9-10,14H2,1-5H3/b8-6+/t15-,16-,17+/m0/s1. The average Bonchev–Trinajstić information content (AvgIpc) is 2.66. The van der Waals surface area contributed by atoms with Crippen molar-refractivity contribution in [3.05, 3.63) is 29.8 Å². The summed E-state index contributed by atoms with van der Waals surface area (Å²) in [7, 11) is 1.54. The van der Waals surface area contributed by atoms with Crippen LogP contribution in [0.4, 0.5) is 0 Å². The predicted molar refractivity (Wildman–Crippen MR) is 108 cm³/mol. The van der Waals surface area contributed by atoms with Crippen LogP contribution >= 0.6 is 0 Å². The molecule has 28 heavy (non-hydrogen) atoms. The molecule has 1 aromatic carbocycles. The Balaban J connectivity index is 1.92. The summed E-state index contributed by atoms with van der Waals surface area (Å²) >= 11 is 0. The van der Waals surface area contributed by atoms with E-state index in [9.17, 15) is 9.59 Å². The minimum Gasteiger partial charge on any atom is -0.493 e. The summed E-state index contributed by atoms with van der Waals surface area (Å²) in [5.74, 6) is 0.243. The number of benzene rings is 1. The van der Waals surface area contributed by atoms with Crippen LogP contribution in [0.5, 0.6) is 11.5 Å². The highest BCUT2D eigenvalue weighted by molar-refractivity contribution is 5.84. The number of hydrogen-bond acceptors (Lipinski definition) is 5. The van der Waals surface area contributed by atoms with Gasteiger partial charge in [0.1, 0.15) is 0 Å². The van der Waals surface area contributed by atoms with E-state index in [4.69, 9.17) is 14.2 Å². The second-order valence-electron chi connectivity index (χ2n) is 7.21. The maximum atomic E-state index is 12.7. The molecule has 2 rings (SSSR count). The molecule has 1 aromatic rings. The van der Waals surface area contributed by atoms with E-state index in [1.165, 1.54) is 0 Å². The zero-order valence-electron chi connectivity index (χ0n) is 17.4. The number of allylic oxidation sites excluding steroid dienone is 1.